The van der Waals surface area contributed by atoms with Crippen LogP contribution in [0.15, 0.2) is 65.5 Å². The first-order valence-corrected chi connectivity index (χ1v) is 12.7. The third-order valence-electron chi connectivity index (χ3n) is 5.52. The summed E-state index contributed by atoms with van der Waals surface area (Å²) in [5, 5.41) is 0. The first-order valence-electron chi connectivity index (χ1n) is 10.7. The average molecular weight is 485 g/mol. The van der Waals surface area contributed by atoms with Crippen LogP contribution in [0.1, 0.15) is 18.5 Å². The molecule has 178 valence electrons. The zero-order valence-corrected chi connectivity index (χ0v) is 19.9. The summed E-state index contributed by atoms with van der Waals surface area (Å²) < 4.78 is 50.8. The molecule has 3 aromatic carbocycles. The zero-order valence-electron chi connectivity index (χ0n) is 19.0. The Balaban J connectivity index is 1.88. The summed E-state index contributed by atoms with van der Waals surface area (Å²) >= 11 is 0. The maximum absolute atomic E-state index is 13.7. The van der Waals surface area contributed by atoms with Gasteiger partial charge in [-0.25, -0.2) is 17.6 Å². The Morgan fingerprint density at radius 3 is 2.47 bits per heavy atom. The largest absolute Gasteiger partial charge is 0.493 e. The molecule has 0 unspecified atom stereocenters. The zero-order chi connectivity index (χ0) is 24.5. The van der Waals surface area contributed by atoms with E-state index in [1.807, 2.05) is 6.92 Å². The molecule has 9 heteroatoms. The monoisotopic (exact) mass is 484 g/mol. The quantitative estimate of drug-likeness (QED) is 0.405. The second-order valence-electron chi connectivity index (χ2n) is 7.99. The van der Waals surface area contributed by atoms with Gasteiger partial charge in [0, 0.05) is 6.26 Å². The lowest BCUT2D eigenvalue weighted by Gasteiger charge is -2.20. The summed E-state index contributed by atoms with van der Waals surface area (Å²) in [4.78, 5) is 15.9. The molecule has 1 heterocycles. The summed E-state index contributed by atoms with van der Waals surface area (Å²) in [7, 11) is -1.95. The van der Waals surface area contributed by atoms with Gasteiger partial charge in [0.1, 0.15) is 15.7 Å². The van der Waals surface area contributed by atoms with E-state index < -0.39 is 21.6 Å². The van der Waals surface area contributed by atoms with Gasteiger partial charge in [0.2, 0.25) is 0 Å². The lowest BCUT2D eigenvalue weighted by atomic mass is 10.0. The highest BCUT2D eigenvalue weighted by Crippen LogP contribution is 2.33. The first kappa shape index (κ1) is 23.6. The fraction of sp³-hybridized carbons (Fsp3) is 0.240. The normalized spacial score (nSPS) is 12.6. The number of rotatable bonds is 8. The van der Waals surface area contributed by atoms with Crippen LogP contribution in [-0.2, 0) is 9.84 Å². The molecule has 1 N–H and O–H groups in total. The molecule has 0 aliphatic carbocycles. The Bertz CT molecular complexity index is 1510. The number of benzene rings is 3. The molecular weight excluding hydrogens is 459 g/mol. The van der Waals surface area contributed by atoms with Gasteiger partial charge in [-0.3, -0.25) is 4.57 Å². The van der Waals surface area contributed by atoms with Gasteiger partial charge in [-0.2, -0.15) is 0 Å². The molecule has 0 bridgehead atoms. The van der Waals surface area contributed by atoms with E-state index in [-0.39, 0.29) is 11.6 Å². The average Bonchev–Trinajstić information content (AvgIpc) is 3.12. The van der Waals surface area contributed by atoms with E-state index in [4.69, 9.17) is 9.47 Å². The van der Waals surface area contributed by atoms with Gasteiger partial charge in [-0.15, -0.1) is 0 Å². The Labute approximate surface area is 196 Å². The van der Waals surface area contributed by atoms with Gasteiger partial charge in [0.25, 0.3) is 0 Å². The minimum atomic E-state index is -3.47. The Morgan fingerprint density at radius 2 is 1.79 bits per heavy atom. The highest BCUT2D eigenvalue weighted by Gasteiger charge is 2.25. The standard InChI is InChI=1S/C25H25FN2O5S/c1-4-33-24-14-18(9-11-23(24)32-2)22(15-34(3,30)31)28-21-10-8-17(13-20(21)27-25(28)29)16-6-5-7-19(26)12-16/h5-14,22H,4,15H2,1-3H3,(H,27,29)/t22-/m0/s1. The van der Waals surface area contributed by atoms with Gasteiger partial charge in [-0.1, -0.05) is 24.3 Å². The van der Waals surface area contributed by atoms with E-state index in [0.29, 0.717) is 40.3 Å². The summed E-state index contributed by atoms with van der Waals surface area (Å²) in [6.07, 6.45) is 1.13. The molecule has 34 heavy (non-hydrogen) atoms. The Morgan fingerprint density at radius 1 is 1.03 bits per heavy atom. The molecule has 4 rings (SSSR count). The number of ether oxygens (including phenoxy) is 2. The van der Waals surface area contributed by atoms with Crippen molar-refractivity contribution in [2.24, 2.45) is 0 Å². The molecule has 7 nitrogen and oxygen atoms in total. The van der Waals surface area contributed by atoms with Crippen LogP contribution < -0.4 is 15.2 Å². The van der Waals surface area contributed by atoms with Gasteiger partial charge < -0.3 is 14.5 Å². The van der Waals surface area contributed by atoms with Crippen LogP contribution in [-0.4, -0.2) is 43.7 Å². The number of nitrogens with one attached hydrogen (secondary N) is 1. The molecule has 0 spiro atoms. The molecule has 0 amide bonds. The van der Waals surface area contributed by atoms with Crippen LogP contribution in [0.4, 0.5) is 4.39 Å². The third-order valence-corrected chi connectivity index (χ3v) is 6.44. The number of hydrogen-bond donors (Lipinski definition) is 1. The van der Waals surface area contributed by atoms with Gasteiger partial charge >= 0.3 is 5.69 Å². The Hall–Kier alpha value is -3.59. The lowest BCUT2D eigenvalue weighted by molar-refractivity contribution is 0.310. The summed E-state index contributed by atoms with van der Waals surface area (Å²) in [6.45, 7) is 2.23. The van der Waals surface area contributed by atoms with Gasteiger partial charge in [0.05, 0.1) is 36.5 Å². The SMILES string of the molecule is CCOc1cc([C@H](CS(C)(=O)=O)n2c(=O)[nH]c3cc(-c4cccc(F)c4)ccc32)ccc1OC. The molecule has 1 atom stereocenters. The smallest absolute Gasteiger partial charge is 0.327 e. The predicted molar refractivity (Wildman–Crippen MR) is 130 cm³/mol. The number of aromatic amines is 1. The highest BCUT2D eigenvalue weighted by molar-refractivity contribution is 7.90. The lowest BCUT2D eigenvalue weighted by Crippen LogP contribution is -2.28. The molecule has 0 fully saturated rings. The molecule has 0 saturated carbocycles. The summed E-state index contributed by atoms with van der Waals surface area (Å²) in [5.74, 6) is 0.321. The topological polar surface area (TPSA) is 90.4 Å². The fourth-order valence-electron chi connectivity index (χ4n) is 4.06. The number of aromatic nitrogens is 2. The minimum Gasteiger partial charge on any atom is -0.493 e. The molecule has 1 aromatic heterocycles. The van der Waals surface area contributed by atoms with Crippen LogP contribution in [0.2, 0.25) is 0 Å². The predicted octanol–water partition coefficient (Wildman–Crippen LogP) is 4.18. The second kappa shape index (κ2) is 9.34. The number of nitrogens with zero attached hydrogens (tertiary/aromatic N) is 1. The van der Waals surface area contributed by atoms with E-state index in [0.717, 1.165) is 11.8 Å². The number of methoxy groups -OCH3 is 1. The number of sulfone groups is 1. The van der Waals surface area contributed by atoms with Crippen molar-refractivity contribution >= 4 is 20.9 Å². The highest BCUT2D eigenvalue weighted by atomic mass is 32.2. The van der Waals surface area contributed by atoms with Crippen molar-refractivity contribution in [3.8, 4) is 22.6 Å². The molecular formula is C25H25FN2O5S. The van der Waals surface area contributed by atoms with E-state index >= 15 is 0 Å². The van der Waals surface area contributed by atoms with Crippen molar-refractivity contribution in [2.45, 2.75) is 13.0 Å². The summed E-state index contributed by atoms with van der Waals surface area (Å²) in [5.41, 5.74) is 2.58. The van der Waals surface area contributed by atoms with E-state index in [9.17, 15) is 17.6 Å². The number of fused-ring (bicyclic) bond motifs is 1. The van der Waals surface area contributed by atoms with Crippen molar-refractivity contribution < 1.29 is 22.3 Å². The van der Waals surface area contributed by atoms with Gasteiger partial charge in [-0.05, 0) is 60.0 Å². The van der Waals surface area contributed by atoms with Crippen molar-refractivity contribution in [2.75, 3.05) is 25.7 Å². The summed E-state index contributed by atoms with van der Waals surface area (Å²) in [6, 6.07) is 15.7. The third kappa shape index (κ3) is 4.84. The van der Waals surface area contributed by atoms with Crippen molar-refractivity contribution in [1.82, 2.24) is 9.55 Å². The number of H-pyrrole nitrogens is 1. The van der Waals surface area contributed by atoms with Crippen LogP contribution in [0.3, 0.4) is 0 Å². The van der Waals surface area contributed by atoms with Crippen LogP contribution in [0.5, 0.6) is 11.5 Å². The molecule has 0 aliphatic heterocycles. The van der Waals surface area contributed by atoms with Crippen molar-refractivity contribution in [3.63, 3.8) is 0 Å². The Kier molecular flexibility index (Phi) is 6.47. The molecule has 4 aromatic rings. The second-order valence-corrected chi connectivity index (χ2v) is 10.2. The molecule has 0 radical (unpaired) electrons. The van der Waals surface area contributed by atoms with Crippen LogP contribution in [0.25, 0.3) is 22.2 Å². The van der Waals surface area contributed by atoms with E-state index in [1.54, 1.807) is 48.5 Å². The van der Waals surface area contributed by atoms with Crippen molar-refractivity contribution in [1.29, 1.82) is 0 Å². The van der Waals surface area contributed by atoms with Crippen LogP contribution >= 0.6 is 0 Å². The van der Waals surface area contributed by atoms with E-state index in [2.05, 4.69) is 4.98 Å². The van der Waals surface area contributed by atoms with E-state index in [1.165, 1.54) is 23.8 Å². The molecule has 0 aliphatic rings. The number of imidazole rings is 1. The maximum atomic E-state index is 13.7. The number of halogens is 1. The fourth-order valence-corrected chi connectivity index (χ4v) is 4.98. The maximum Gasteiger partial charge on any atom is 0.327 e. The minimum absolute atomic E-state index is 0.288. The molecule has 0 saturated heterocycles. The van der Waals surface area contributed by atoms with Crippen LogP contribution in [0, 0.1) is 5.82 Å². The van der Waals surface area contributed by atoms with Gasteiger partial charge in [0.15, 0.2) is 11.5 Å². The number of hydrogen-bond acceptors (Lipinski definition) is 5. The van der Waals surface area contributed by atoms with Crippen molar-refractivity contribution in [3.05, 3.63) is 82.5 Å². The first-order chi connectivity index (χ1) is 16.2.